The van der Waals surface area contributed by atoms with Gasteiger partial charge in [0.25, 0.3) is 0 Å². The molecule has 0 spiro atoms. The maximum absolute atomic E-state index is 4.75. The molecule has 2 rings (SSSR count). The number of fused-ring (bicyclic) bond motifs is 1. The number of nitrogens with zero attached hydrogens (tertiary/aromatic N) is 2. The van der Waals surface area contributed by atoms with E-state index in [1.165, 1.54) is 16.9 Å². The van der Waals surface area contributed by atoms with Gasteiger partial charge in [-0.05, 0) is 24.0 Å². The average Bonchev–Trinajstić information content (AvgIpc) is 2.62. The third-order valence-corrected chi connectivity index (χ3v) is 2.70. The molecule has 0 saturated carbocycles. The van der Waals surface area contributed by atoms with Crippen LogP contribution in [-0.4, -0.2) is 9.38 Å². The molecule has 0 amide bonds. The molecule has 0 aromatic carbocycles. The molecule has 0 radical (unpaired) electrons. The predicted molar refractivity (Wildman–Crippen MR) is 63.4 cm³/mol. The van der Waals surface area contributed by atoms with Crippen molar-refractivity contribution in [2.24, 2.45) is 0 Å². The van der Waals surface area contributed by atoms with Crippen molar-refractivity contribution in [2.45, 2.75) is 39.5 Å². The van der Waals surface area contributed by atoms with E-state index in [1.54, 1.807) is 0 Å². The van der Waals surface area contributed by atoms with Gasteiger partial charge < -0.3 is 4.40 Å². The van der Waals surface area contributed by atoms with Gasteiger partial charge in [-0.1, -0.05) is 27.7 Å². The van der Waals surface area contributed by atoms with Crippen molar-refractivity contribution in [3.63, 3.8) is 0 Å². The van der Waals surface area contributed by atoms with Crippen molar-refractivity contribution in [1.82, 2.24) is 9.38 Å². The van der Waals surface area contributed by atoms with Gasteiger partial charge in [-0.25, -0.2) is 0 Å². The molecule has 0 aliphatic carbocycles. The summed E-state index contributed by atoms with van der Waals surface area (Å²) in [5.74, 6) is 0.954. The van der Waals surface area contributed by atoms with Gasteiger partial charge in [0.2, 0.25) is 0 Å². The van der Waals surface area contributed by atoms with Crippen molar-refractivity contribution in [2.75, 3.05) is 0 Å². The minimum Gasteiger partial charge on any atom is -0.320 e. The van der Waals surface area contributed by atoms with Gasteiger partial charge in [0.1, 0.15) is 0 Å². The molecule has 0 aliphatic rings. The van der Waals surface area contributed by atoms with Crippen LogP contribution in [0.4, 0.5) is 0 Å². The first kappa shape index (κ1) is 10.2. The van der Waals surface area contributed by atoms with Crippen LogP contribution < -0.4 is 0 Å². The molecule has 0 atom stereocenters. The van der Waals surface area contributed by atoms with Gasteiger partial charge in [0, 0.05) is 12.4 Å². The van der Waals surface area contributed by atoms with Crippen LogP contribution in [0.3, 0.4) is 0 Å². The highest BCUT2D eigenvalue weighted by Gasteiger charge is 2.10. The first-order chi connectivity index (χ1) is 7.09. The molecule has 0 aliphatic heterocycles. The largest absolute Gasteiger partial charge is 0.320 e. The van der Waals surface area contributed by atoms with Crippen molar-refractivity contribution >= 4 is 5.52 Å². The minimum absolute atomic E-state index is 0.473. The molecule has 0 fully saturated rings. The van der Waals surface area contributed by atoms with E-state index in [2.05, 4.69) is 56.6 Å². The normalized spacial score (nSPS) is 11.9. The Balaban J connectivity index is 2.69. The van der Waals surface area contributed by atoms with E-state index in [4.69, 9.17) is 4.98 Å². The van der Waals surface area contributed by atoms with Crippen molar-refractivity contribution in [1.29, 1.82) is 0 Å². The summed E-state index contributed by atoms with van der Waals surface area (Å²) in [6.45, 7) is 8.75. The van der Waals surface area contributed by atoms with E-state index < -0.39 is 0 Å². The standard InChI is InChI=1S/C13H18N2/c1-9(2)11-8-15-7-5-6-12(15)13(14-11)10(3)4/h5-10H,1-4H3. The summed E-state index contributed by atoms with van der Waals surface area (Å²) in [5.41, 5.74) is 3.60. The lowest BCUT2D eigenvalue weighted by Crippen LogP contribution is -2.03. The van der Waals surface area contributed by atoms with Crippen LogP contribution in [0.5, 0.6) is 0 Å². The molecule has 2 heterocycles. The summed E-state index contributed by atoms with van der Waals surface area (Å²) in [7, 11) is 0. The summed E-state index contributed by atoms with van der Waals surface area (Å²) in [6.07, 6.45) is 4.22. The Morgan fingerprint density at radius 3 is 2.47 bits per heavy atom. The molecule has 0 saturated heterocycles. The highest BCUT2D eigenvalue weighted by molar-refractivity contribution is 5.54. The van der Waals surface area contributed by atoms with Crippen LogP contribution >= 0.6 is 0 Å². The Morgan fingerprint density at radius 2 is 1.87 bits per heavy atom. The summed E-state index contributed by atoms with van der Waals surface area (Å²) < 4.78 is 2.18. The minimum atomic E-state index is 0.473. The second-order valence-corrected chi connectivity index (χ2v) is 4.66. The molecule has 15 heavy (non-hydrogen) atoms. The zero-order chi connectivity index (χ0) is 11.0. The number of hydrogen-bond donors (Lipinski definition) is 0. The molecule has 2 heteroatoms. The summed E-state index contributed by atoms with van der Waals surface area (Å²) in [5, 5.41) is 0. The third kappa shape index (κ3) is 1.76. The second-order valence-electron chi connectivity index (χ2n) is 4.66. The van der Waals surface area contributed by atoms with E-state index in [0.717, 1.165) is 0 Å². The second kappa shape index (κ2) is 3.69. The summed E-state index contributed by atoms with van der Waals surface area (Å²) in [4.78, 5) is 4.75. The van der Waals surface area contributed by atoms with Crippen LogP contribution in [0.2, 0.25) is 0 Å². The third-order valence-electron chi connectivity index (χ3n) is 2.70. The molecule has 2 aromatic rings. The van der Waals surface area contributed by atoms with Gasteiger partial charge >= 0.3 is 0 Å². The van der Waals surface area contributed by atoms with Gasteiger partial charge in [0.15, 0.2) is 0 Å². The highest BCUT2D eigenvalue weighted by Crippen LogP contribution is 2.22. The molecule has 0 unspecified atom stereocenters. The molecular formula is C13H18N2. The van der Waals surface area contributed by atoms with Crippen LogP contribution in [0.1, 0.15) is 50.9 Å². The fourth-order valence-electron chi connectivity index (χ4n) is 1.79. The van der Waals surface area contributed by atoms with E-state index >= 15 is 0 Å². The lowest BCUT2D eigenvalue weighted by Gasteiger charge is -2.12. The summed E-state index contributed by atoms with van der Waals surface area (Å²) >= 11 is 0. The molecule has 2 nitrogen and oxygen atoms in total. The Labute approximate surface area is 91.0 Å². The first-order valence-corrected chi connectivity index (χ1v) is 5.57. The SMILES string of the molecule is CC(C)c1cn2cccc2c(C(C)C)n1. The fourth-order valence-corrected chi connectivity index (χ4v) is 1.79. The number of hydrogen-bond acceptors (Lipinski definition) is 1. The van der Waals surface area contributed by atoms with Crippen LogP contribution in [0, 0.1) is 0 Å². The molecule has 0 N–H and O–H groups in total. The Kier molecular flexibility index (Phi) is 2.51. The van der Waals surface area contributed by atoms with Crippen molar-refractivity contribution in [3.05, 3.63) is 35.9 Å². The van der Waals surface area contributed by atoms with Crippen LogP contribution in [0.25, 0.3) is 5.52 Å². The van der Waals surface area contributed by atoms with Gasteiger partial charge in [-0.15, -0.1) is 0 Å². The molecule has 0 bridgehead atoms. The Hall–Kier alpha value is -1.31. The Bertz CT molecular complexity index is 466. The lowest BCUT2D eigenvalue weighted by atomic mass is 10.1. The molecule has 2 aromatic heterocycles. The van der Waals surface area contributed by atoms with E-state index in [-0.39, 0.29) is 0 Å². The Morgan fingerprint density at radius 1 is 1.13 bits per heavy atom. The van der Waals surface area contributed by atoms with E-state index in [1.807, 2.05) is 0 Å². The fraction of sp³-hybridized carbons (Fsp3) is 0.462. The maximum Gasteiger partial charge on any atom is 0.0672 e. The van der Waals surface area contributed by atoms with Crippen LogP contribution in [-0.2, 0) is 0 Å². The number of aromatic nitrogens is 2. The van der Waals surface area contributed by atoms with E-state index in [0.29, 0.717) is 11.8 Å². The maximum atomic E-state index is 4.75. The zero-order valence-corrected chi connectivity index (χ0v) is 9.86. The van der Waals surface area contributed by atoms with Gasteiger partial charge in [-0.3, -0.25) is 4.98 Å². The summed E-state index contributed by atoms with van der Waals surface area (Å²) in [6, 6.07) is 4.21. The monoisotopic (exact) mass is 202 g/mol. The van der Waals surface area contributed by atoms with Crippen molar-refractivity contribution in [3.8, 4) is 0 Å². The van der Waals surface area contributed by atoms with Crippen LogP contribution in [0.15, 0.2) is 24.5 Å². The highest BCUT2D eigenvalue weighted by atomic mass is 14.9. The molecular weight excluding hydrogens is 184 g/mol. The van der Waals surface area contributed by atoms with E-state index in [9.17, 15) is 0 Å². The topological polar surface area (TPSA) is 17.3 Å². The van der Waals surface area contributed by atoms with Gasteiger partial charge in [-0.2, -0.15) is 0 Å². The molecule has 80 valence electrons. The first-order valence-electron chi connectivity index (χ1n) is 5.57. The van der Waals surface area contributed by atoms with Crippen molar-refractivity contribution < 1.29 is 0 Å². The lowest BCUT2D eigenvalue weighted by molar-refractivity contribution is 0.755. The average molecular weight is 202 g/mol. The smallest absolute Gasteiger partial charge is 0.0672 e. The number of rotatable bonds is 2. The quantitative estimate of drug-likeness (QED) is 0.727. The zero-order valence-electron chi connectivity index (χ0n) is 9.86. The van der Waals surface area contributed by atoms with Gasteiger partial charge in [0.05, 0.1) is 16.9 Å². The predicted octanol–water partition coefficient (Wildman–Crippen LogP) is 3.58.